The lowest BCUT2D eigenvalue weighted by Crippen LogP contribution is -2.52. The molecule has 2 heteroatoms. The second-order valence-electron chi connectivity index (χ2n) is 2.70. The monoisotopic (exact) mass is 158 g/mol. The second kappa shape index (κ2) is 2.87. The fourth-order valence-electron chi connectivity index (χ4n) is 0.966. The van der Waals surface area contributed by atoms with E-state index in [9.17, 15) is 0 Å². The fourth-order valence-corrected chi connectivity index (χ4v) is 0.966. The van der Waals surface area contributed by atoms with E-state index in [4.69, 9.17) is 24.3 Å². The van der Waals surface area contributed by atoms with Crippen LogP contribution in [0.15, 0.2) is 23.8 Å². The second-order valence-corrected chi connectivity index (χ2v) is 2.70. The summed E-state index contributed by atoms with van der Waals surface area (Å²) in [4.78, 5) is 0. The Morgan fingerprint density at radius 2 is 2.17 bits per heavy atom. The smallest absolute Gasteiger partial charge is 0.115 e. The maximum absolute atomic E-state index is 5.76. The molecule has 4 N–H and O–H groups in total. The molecule has 0 aromatic rings. The Bertz CT molecular complexity index is 325. The summed E-state index contributed by atoms with van der Waals surface area (Å²) in [6, 6.07) is -0.404. The topological polar surface area (TPSA) is 52.0 Å². The molecule has 1 aliphatic carbocycles. The lowest BCUT2D eigenvalue weighted by molar-refractivity contribution is 0.589. The van der Waals surface area contributed by atoms with Gasteiger partial charge in [-0.05, 0) is 18.2 Å². The summed E-state index contributed by atoms with van der Waals surface area (Å²) in [5.41, 5.74) is 11.3. The van der Waals surface area contributed by atoms with Gasteiger partial charge in [0.1, 0.15) is 5.54 Å². The lowest BCUT2D eigenvalue weighted by Gasteiger charge is -2.27. The quantitative estimate of drug-likeness (QED) is 0.479. The summed E-state index contributed by atoms with van der Waals surface area (Å²) >= 11 is 0. The molecular weight excluding hydrogens is 148 g/mol. The van der Waals surface area contributed by atoms with Crippen LogP contribution in [0.4, 0.5) is 0 Å². The van der Waals surface area contributed by atoms with Crippen LogP contribution in [-0.4, -0.2) is 11.6 Å². The Morgan fingerprint density at radius 1 is 1.50 bits per heavy atom. The van der Waals surface area contributed by atoms with Crippen molar-refractivity contribution in [2.24, 2.45) is 11.5 Å². The van der Waals surface area contributed by atoms with Gasteiger partial charge in [0, 0.05) is 5.57 Å². The number of terminal acetylenes is 2. The van der Waals surface area contributed by atoms with Gasteiger partial charge in [-0.15, -0.1) is 12.8 Å². The molecule has 2 unspecified atom stereocenters. The van der Waals surface area contributed by atoms with Crippen molar-refractivity contribution in [3.05, 3.63) is 23.8 Å². The molecule has 0 saturated carbocycles. The van der Waals surface area contributed by atoms with Gasteiger partial charge in [0.2, 0.25) is 0 Å². The van der Waals surface area contributed by atoms with E-state index in [0.29, 0.717) is 0 Å². The van der Waals surface area contributed by atoms with E-state index in [1.54, 1.807) is 18.2 Å². The summed E-state index contributed by atoms with van der Waals surface area (Å²) in [5.74, 6) is 4.89. The Morgan fingerprint density at radius 3 is 2.58 bits per heavy atom. The third-order valence-electron chi connectivity index (χ3n) is 1.87. The SMILES string of the molecule is C#CC1=CC(N)C(N)(C#C)C=C1. The minimum absolute atomic E-state index is 0.404. The molecule has 0 aliphatic heterocycles. The molecule has 0 heterocycles. The zero-order chi connectivity index (χ0) is 9.19. The van der Waals surface area contributed by atoms with Crippen LogP contribution >= 0.6 is 0 Å². The molecule has 2 atom stereocenters. The molecule has 0 saturated heterocycles. The van der Waals surface area contributed by atoms with Crippen molar-refractivity contribution in [2.45, 2.75) is 11.6 Å². The highest BCUT2D eigenvalue weighted by Crippen LogP contribution is 2.16. The number of allylic oxidation sites excluding steroid dienone is 2. The lowest BCUT2D eigenvalue weighted by atomic mass is 9.86. The van der Waals surface area contributed by atoms with E-state index in [0.717, 1.165) is 5.57 Å². The average Bonchev–Trinajstić information content (AvgIpc) is 2.10. The van der Waals surface area contributed by atoms with Crippen LogP contribution in [0.3, 0.4) is 0 Å². The summed E-state index contributed by atoms with van der Waals surface area (Å²) in [6.07, 6.45) is 15.5. The highest BCUT2D eigenvalue weighted by molar-refractivity contribution is 5.47. The number of nitrogens with two attached hydrogens (primary N) is 2. The van der Waals surface area contributed by atoms with Crippen molar-refractivity contribution in [2.75, 3.05) is 0 Å². The van der Waals surface area contributed by atoms with Crippen LogP contribution in [-0.2, 0) is 0 Å². The van der Waals surface area contributed by atoms with Gasteiger partial charge in [-0.1, -0.05) is 11.8 Å². The van der Waals surface area contributed by atoms with Crippen molar-refractivity contribution in [3.8, 4) is 24.7 Å². The zero-order valence-corrected chi connectivity index (χ0v) is 6.62. The van der Waals surface area contributed by atoms with Gasteiger partial charge in [0.05, 0.1) is 6.04 Å². The first-order chi connectivity index (χ1) is 5.62. The molecular formula is C10H10N2. The van der Waals surface area contributed by atoms with Gasteiger partial charge in [0.15, 0.2) is 0 Å². The Balaban J connectivity index is 3.00. The van der Waals surface area contributed by atoms with Crippen molar-refractivity contribution in [3.63, 3.8) is 0 Å². The molecule has 0 aromatic heterocycles. The third kappa shape index (κ3) is 1.26. The number of hydrogen-bond donors (Lipinski definition) is 2. The number of rotatable bonds is 0. The van der Waals surface area contributed by atoms with Gasteiger partial charge in [-0.25, -0.2) is 0 Å². The minimum atomic E-state index is -0.889. The third-order valence-corrected chi connectivity index (χ3v) is 1.87. The van der Waals surface area contributed by atoms with E-state index in [-0.39, 0.29) is 0 Å². The molecule has 60 valence electrons. The van der Waals surface area contributed by atoms with Crippen molar-refractivity contribution in [1.29, 1.82) is 0 Å². The summed E-state index contributed by atoms with van der Waals surface area (Å²) in [6.45, 7) is 0. The van der Waals surface area contributed by atoms with E-state index in [1.165, 1.54) is 0 Å². The van der Waals surface area contributed by atoms with E-state index in [1.807, 2.05) is 0 Å². The van der Waals surface area contributed by atoms with Gasteiger partial charge < -0.3 is 11.5 Å². The van der Waals surface area contributed by atoms with Gasteiger partial charge >= 0.3 is 0 Å². The van der Waals surface area contributed by atoms with E-state index < -0.39 is 11.6 Å². The number of hydrogen-bond acceptors (Lipinski definition) is 2. The molecule has 0 aromatic carbocycles. The molecule has 0 bridgehead atoms. The van der Waals surface area contributed by atoms with Crippen LogP contribution in [0.1, 0.15) is 0 Å². The minimum Gasteiger partial charge on any atom is -0.322 e. The van der Waals surface area contributed by atoms with Crippen LogP contribution in [0.5, 0.6) is 0 Å². The van der Waals surface area contributed by atoms with Crippen LogP contribution < -0.4 is 11.5 Å². The first-order valence-corrected chi connectivity index (χ1v) is 3.52. The van der Waals surface area contributed by atoms with E-state index >= 15 is 0 Å². The largest absolute Gasteiger partial charge is 0.322 e. The standard InChI is InChI=1S/C10H10N2/c1-3-8-5-6-10(12,4-2)9(11)7-8/h1-2,5-7,9H,11-12H2. The molecule has 2 nitrogen and oxygen atoms in total. The summed E-state index contributed by atoms with van der Waals surface area (Å²) < 4.78 is 0. The van der Waals surface area contributed by atoms with Crippen LogP contribution in [0, 0.1) is 24.7 Å². The van der Waals surface area contributed by atoms with Crippen molar-refractivity contribution in [1.82, 2.24) is 0 Å². The van der Waals surface area contributed by atoms with Gasteiger partial charge in [-0.2, -0.15) is 0 Å². The fraction of sp³-hybridized carbons (Fsp3) is 0.200. The average molecular weight is 158 g/mol. The predicted octanol–water partition coefficient (Wildman–Crippen LogP) is -0.226. The van der Waals surface area contributed by atoms with Gasteiger partial charge in [0.25, 0.3) is 0 Å². The van der Waals surface area contributed by atoms with Crippen LogP contribution in [0.2, 0.25) is 0 Å². The van der Waals surface area contributed by atoms with Gasteiger partial charge in [-0.3, -0.25) is 0 Å². The van der Waals surface area contributed by atoms with Crippen molar-refractivity contribution < 1.29 is 0 Å². The highest BCUT2D eigenvalue weighted by Gasteiger charge is 2.28. The predicted molar refractivity (Wildman–Crippen MR) is 49.8 cm³/mol. The summed E-state index contributed by atoms with van der Waals surface area (Å²) in [5, 5.41) is 0. The maximum Gasteiger partial charge on any atom is 0.115 e. The molecule has 12 heavy (non-hydrogen) atoms. The molecule has 0 fully saturated rings. The van der Waals surface area contributed by atoms with Crippen LogP contribution in [0.25, 0.3) is 0 Å². The first-order valence-electron chi connectivity index (χ1n) is 3.52. The molecule has 1 rings (SSSR count). The Labute approximate surface area is 72.3 Å². The normalized spacial score (nSPS) is 33.3. The maximum atomic E-state index is 5.76. The first kappa shape index (κ1) is 8.62. The Kier molecular flexibility index (Phi) is 2.06. The van der Waals surface area contributed by atoms with Crippen molar-refractivity contribution >= 4 is 0 Å². The zero-order valence-electron chi connectivity index (χ0n) is 6.62. The van der Waals surface area contributed by atoms with E-state index in [2.05, 4.69) is 11.8 Å². The molecule has 1 aliphatic rings. The summed E-state index contributed by atoms with van der Waals surface area (Å²) in [7, 11) is 0. The highest BCUT2D eigenvalue weighted by atomic mass is 14.8. The molecule has 0 radical (unpaired) electrons. The molecule has 0 spiro atoms. The molecule has 0 amide bonds. The Hall–Kier alpha value is -1.48.